The molecular weight excluding hydrogens is 306 g/mol. The molecule has 0 aliphatic heterocycles. The van der Waals surface area contributed by atoms with Gasteiger partial charge < -0.3 is 15.2 Å². The molecule has 5 nitrogen and oxygen atoms in total. The number of amides is 1. The maximum absolute atomic E-state index is 12.2. The summed E-state index contributed by atoms with van der Waals surface area (Å²) in [6.07, 6.45) is -0.566. The van der Waals surface area contributed by atoms with Crippen LogP contribution in [0, 0.1) is 6.92 Å². The molecule has 126 valence electrons. The van der Waals surface area contributed by atoms with Crippen molar-refractivity contribution in [3.05, 3.63) is 65.7 Å². The van der Waals surface area contributed by atoms with Gasteiger partial charge in [-0.25, -0.2) is 4.79 Å². The highest BCUT2D eigenvalue weighted by Gasteiger charge is 2.24. The van der Waals surface area contributed by atoms with E-state index in [0.717, 1.165) is 11.1 Å². The van der Waals surface area contributed by atoms with E-state index in [4.69, 9.17) is 4.74 Å². The van der Waals surface area contributed by atoms with E-state index in [1.165, 1.54) is 0 Å². The molecule has 24 heavy (non-hydrogen) atoms. The Labute approximate surface area is 141 Å². The number of nitrogens with one attached hydrogen (secondary N) is 1. The normalized spacial score (nSPS) is 12.9. The third-order valence-corrected chi connectivity index (χ3v) is 3.57. The number of hydrogen-bond acceptors (Lipinski definition) is 3. The summed E-state index contributed by atoms with van der Waals surface area (Å²) in [5.74, 6) is -0.956. The minimum Gasteiger partial charge on any atom is -0.481 e. The average Bonchev–Trinajstić information content (AvgIpc) is 2.55. The van der Waals surface area contributed by atoms with Crippen molar-refractivity contribution in [2.75, 3.05) is 0 Å². The molecular formula is C19H21NO4. The minimum absolute atomic E-state index is 0.221. The van der Waals surface area contributed by atoms with Crippen LogP contribution < -0.4 is 10.1 Å². The molecule has 0 fully saturated rings. The van der Waals surface area contributed by atoms with E-state index in [1.807, 2.05) is 55.5 Å². The van der Waals surface area contributed by atoms with Gasteiger partial charge in [-0.05, 0) is 37.1 Å². The van der Waals surface area contributed by atoms with Crippen molar-refractivity contribution < 1.29 is 19.4 Å². The number of carbonyl (C=O) groups is 2. The molecule has 0 spiro atoms. The summed E-state index contributed by atoms with van der Waals surface area (Å²) in [6, 6.07) is 15.5. The number of hydrogen-bond donors (Lipinski definition) is 2. The van der Waals surface area contributed by atoms with Gasteiger partial charge in [0.1, 0.15) is 11.8 Å². The molecule has 2 aromatic carbocycles. The highest BCUT2D eigenvalue weighted by molar-refractivity contribution is 5.86. The lowest BCUT2D eigenvalue weighted by Gasteiger charge is -2.19. The van der Waals surface area contributed by atoms with Crippen molar-refractivity contribution in [2.45, 2.75) is 32.4 Å². The quantitative estimate of drug-likeness (QED) is 0.819. The van der Waals surface area contributed by atoms with Gasteiger partial charge in [-0.2, -0.15) is 0 Å². The van der Waals surface area contributed by atoms with E-state index in [9.17, 15) is 14.7 Å². The van der Waals surface area contributed by atoms with E-state index in [1.54, 1.807) is 13.0 Å². The fraction of sp³-hybridized carbons (Fsp3) is 0.263. The predicted octanol–water partition coefficient (Wildman–Crippen LogP) is 2.57. The molecule has 0 aliphatic carbocycles. The van der Waals surface area contributed by atoms with Crippen molar-refractivity contribution in [2.24, 2.45) is 0 Å². The number of aliphatic carboxylic acids is 1. The van der Waals surface area contributed by atoms with Crippen LogP contribution in [0.5, 0.6) is 5.75 Å². The summed E-state index contributed by atoms with van der Waals surface area (Å²) in [5.41, 5.74) is 1.87. The van der Waals surface area contributed by atoms with Crippen LogP contribution in [-0.2, 0) is 16.0 Å². The SMILES string of the molecule is Cc1cccc(OC(C)C(=O)NC(Cc2ccccc2)C(=O)O)c1. The molecule has 2 aromatic rings. The second-order valence-corrected chi connectivity index (χ2v) is 5.67. The molecule has 2 N–H and O–H groups in total. The summed E-state index contributed by atoms with van der Waals surface area (Å²) in [4.78, 5) is 23.6. The van der Waals surface area contributed by atoms with Crippen LogP contribution in [0.25, 0.3) is 0 Å². The zero-order valence-electron chi connectivity index (χ0n) is 13.7. The lowest BCUT2D eigenvalue weighted by atomic mass is 10.1. The van der Waals surface area contributed by atoms with Gasteiger partial charge in [0, 0.05) is 6.42 Å². The van der Waals surface area contributed by atoms with Crippen LogP contribution in [0.15, 0.2) is 54.6 Å². The van der Waals surface area contributed by atoms with Crippen molar-refractivity contribution >= 4 is 11.9 Å². The van der Waals surface area contributed by atoms with Crippen molar-refractivity contribution in [3.8, 4) is 5.75 Å². The molecule has 2 atom stereocenters. The van der Waals surface area contributed by atoms with E-state index in [-0.39, 0.29) is 6.42 Å². The highest BCUT2D eigenvalue weighted by atomic mass is 16.5. The first-order chi connectivity index (χ1) is 11.5. The van der Waals surface area contributed by atoms with Crippen molar-refractivity contribution in [1.82, 2.24) is 5.32 Å². The van der Waals surface area contributed by atoms with Crippen LogP contribution >= 0.6 is 0 Å². The second kappa shape index (κ2) is 8.15. The smallest absolute Gasteiger partial charge is 0.326 e. The zero-order valence-corrected chi connectivity index (χ0v) is 13.7. The Balaban J connectivity index is 1.98. The molecule has 0 saturated carbocycles. The van der Waals surface area contributed by atoms with Gasteiger partial charge in [0.05, 0.1) is 0 Å². The van der Waals surface area contributed by atoms with Gasteiger partial charge in [-0.15, -0.1) is 0 Å². The Bertz CT molecular complexity index is 700. The topological polar surface area (TPSA) is 75.6 Å². The maximum Gasteiger partial charge on any atom is 0.326 e. The zero-order chi connectivity index (χ0) is 17.5. The highest BCUT2D eigenvalue weighted by Crippen LogP contribution is 2.14. The molecule has 0 heterocycles. The lowest BCUT2D eigenvalue weighted by Crippen LogP contribution is -2.47. The summed E-state index contributed by atoms with van der Waals surface area (Å²) < 4.78 is 5.58. The van der Waals surface area contributed by atoms with Gasteiger partial charge in [0.2, 0.25) is 0 Å². The van der Waals surface area contributed by atoms with Gasteiger partial charge in [-0.1, -0.05) is 42.5 Å². The first kappa shape index (κ1) is 17.5. The van der Waals surface area contributed by atoms with E-state index in [0.29, 0.717) is 5.75 Å². The fourth-order valence-electron chi connectivity index (χ4n) is 2.29. The summed E-state index contributed by atoms with van der Waals surface area (Å²) in [5, 5.41) is 11.9. The standard InChI is InChI=1S/C19H21NO4/c1-13-7-6-10-16(11-13)24-14(2)18(21)20-17(19(22)23)12-15-8-4-3-5-9-15/h3-11,14,17H,12H2,1-2H3,(H,20,21)(H,22,23). The number of carboxylic acid groups (broad SMARTS) is 1. The number of carboxylic acids is 1. The number of benzene rings is 2. The average molecular weight is 327 g/mol. The molecule has 0 saturated heterocycles. The molecule has 2 rings (SSSR count). The first-order valence-corrected chi connectivity index (χ1v) is 7.76. The van der Waals surface area contributed by atoms with Gasteiger partial charge >= 0.3 is 5.97 Å². The van der Waals surface area contributed by atoms with Crippen LogP contribution in [-0.4, -0.2) is 29.1 Å². The monoisotopic (exact) mass is 327 g/mol. The number of rotatable bonds is 7. The first-order valence-electron chi connectivity index (χ1n) is 7.76. The third-order valence-electron chi connectivity index (χ3n) is 3.57. The van der Waals surface area contributed by atoms with Crippen molar-refractivity contribution in [1.29, 1.82) is 0 Å². The van der Waals surface area contributed by atoms with Crippen molar-refractivity contribution in [3.63, 3.8) is 0 Å². The molecule has 2 unspecified atom stereocenters. The predicted molar refractivity (Wildman–Crippen MR) is 91.0 cm³/mol. The second-order valence-electron chi connectivity index (χ2n) is 5.67. The number of aryl methyl sites for hydroxylation is 1. The molecule has 5 heteroatoms. The maximum atomic E-state index is 12.2. The van der Waals surface area contributed by atoms with Crippen LogP contribution in [0.4, 0.5) is 0 Å². The fourth-order valence-corrected chi connectivity index (χ4v) is 2.29. The Kier molecular flexibility index (Phi) is 5.95. The van der Waals surface area contributed by atoms with Gasteiger partial charge in [0.25, 0.3) is 5.91 Å². The summed E-state index contributed by atoms with van der Waals surface area (Å²) >= 11 is 0. The minimum atomic E-state index is -1.07. The molecule has 1 amide bonds. The van der Waals surface area contributed by atoms with Crippen LogP contribution in [0.3, 0.4) is 0 Å². The lowest BCUT2D eigenvalue weighted by molar-refractivity contribution is -0.142. The van der Waals surface area contributed by atoms with Crippen LogP contribution in [0.2, 0.25) is 0 Å². The molecule has 0 radical (unpaired) electrons. The van der Waals surface area contributed by atoms with E-state index >= 15 is 0 Å². The third kappa shape index (κ3) is 5.12. The van der Waals surface area contributed by atoms with Gasteiger partial charge in [0.15, 0.2) is 6.10 Å². The van der Waals surface area contributed by atoms with E-state index in [2.05, 4.69) is 5.32 Å². The summed E-state index contributed by atoms with van der Waals surface area (Å²) in [6.45, 7) is 3.52. The Morgan fingerprint density at radius 3 is 2.46 bits per heavy atom. The summed E-state index contributed by atoms with van der Waals surface area (Å²) in [7, 11) is 0. The molecule has 0 bridgehead atoms. The Morgan fingerprint density at radius 1 is 1.12 bits per heavy atom. The largest absolute Gasteiger partial charge is 0.481 e. The van der Waals surface area contributed by atoms with Crippen LogP contribution in [0.1, 0.15) is 18.1 Å². The number of ether oxygens (including phenoxy) is 1. The number of carbonyl (C=O) groups excluding carboxylic acids is 1. The Morgan fingerprint density at radius 2 is 1.83 bits per heavy atom. The van der Waals surface area contributed by atoms with E-state index < -0.39 is 24.0 Å². The molecule has 0 aliphatic rings. The molecule has 0 aromatic heterocycles. The Hall–Kier alpha value is -2.82. The van der Waals surface area contributed by atoms with Gasteiger partial charge in [-0.3, -0.25) is 4.79 Å².